The Labute approximate surface area is 99.6 Å². The molecule has 0 aliphatic carbocycles. The lowest BCUT2D eigenvalue weighted by atomic mass is 9.71. The molecule has 3 nitrogen and oxygen atoms in total. The SMILES string of the molecule is CC.CC(=O)N1CCC2(CCNCC2)CC1. The fourth-order valence-electron chi connectivity index (χ4n) is 2.75. The van der Waals surface area contributed by atoms with Gasteiger partial charge in [0.15, 0.2) is 0 Å². The number of hydrogen-bond donors (Lipinski definition) is 1. The number of carbonyl (C=O) groups excluding carboxylic acids is 1. The zero-order chi connectivity index (χ0) is 12.0. The zero-order valence-corrected chi connectivity index (χ0v) is 11.0. The molecule has 2 saturated heterocycles. The van der Waals surface area contributed by atoms with Crippen LogP contribution in [0.25, 0.3) is 0 Å². The van der Waals surface area contributed by atoms with Crippen molar-refractivity contribution in [1.29, 1.82) is 0 Å². The van der Waals surface area contributed by atoms with Gasteiger partial charge < -0.3 is 10.2 Å². The summed E-state index contributed by atoms with van der Waals surface area (Å²) in [6, 6.07) is 0. The van der Waals surface area contributed by atoms with E-state index in [0.717, 1.165) is 13.1 Å². The molecule has 0 aromatic rings. The van der Waals surface area contributed by atoms with Crippen molar-refractivity contribution >= 4 is 5.91 Å². The minimum absolute atomic E-state index is 0.244. The minimum atomic E-state index is 0.244. The molecule has 0 saturated carbocycles. The molecule has 0 bridgehead atoms. The quantitative estimate of drug-likeness (QED) is 0.685. The first kappa shape index (κ1) is 13.5. The number of hydrogen-bond acceptors (Lipinski definition) is 2. The van der Waals surface area contributed by atoms with Crippen LogP contribution in [0.15, 0.2) is 0 Å². The van der Waals surface area contributed by atoms with Gasteiger partial charge in [-0.15, -0.1) is 0 Å². The number of carbonyl (C=O) groups is 1. The van der Waals surface area contributed by atoms with Crippen molar-refractivity contribution in [1.82, 2.24) is 10.2 Å². The Morgan fingerprint density at radius 2 is 1.56 bits per heavy atom. The van der Waals surface area contributed by atoms with Crippen LogP contribution in [-0.4, -0.2) is 37.0 Å². The largest absolute Gasteiger partial charge is 0.343 e. The maximum absolute atomic E-state index is 11.2. The number of amides is 1. The van der Waals surface area contributed by atoms with Crippen LogP contribution in [0, 0.1) is 5.41 Å². The van der Waals surface area contributed by atoms with Crippen molar-refractivity contribution in [3.63, 3.8) is 0 Å². The Morgan fingerprint density at radius 1 is 1.06 bits per heavy atom. The van der Waals surface area contributed by atoms with Crippen molar-refractivity contribution in [2.75, 3.05) is 26.2 Å². The zero-order valence-electron chi connectivity index (χ0n) is 11.0. The molecule has 0 atom stereocenters. The molecule has 1 N–H and O–H groups in total. The summed E-state index contributed by atoms with van der Waals surface area (Å²) in [5.41, 5.74) is 0.567. The molecule has 2 aliphatic rings. The highest BCUT2D eigenvalue weighted by atomic mass is 16.2. The number of rotatable bonds is 0. The second kappa shape index (κ2) is 6.24. The molecule has 2 fully saturated rings. The summed E-state index contributed by atoms with van der Waals surface area (Å²) < 4.78 is 0. The van der Waals surface area contributed by atoms with Gasteiger partial charge in [0.2, 0.25) is 5.91 Å². The molecule has 0 aromatic carbocycles. The number of nitrogens with one attached hydrogen (secondary N) is 1. The Kier molecular flexibility index (Phi) is 5.26. The van der Waals surface area contributed by atoms with Gasteiger partial charge in [0.05, 0.1) is 0 Å². The number of nitrogens with zero attached hydrogens (tertiary/aromatic N) is 1. The highest BCUT2D eigenvalue weighted by Crippen LogP contribution is 2.39. The molecule has 2 aliphatic heterocycles. The lowest BCUT2D eigenvalue weighted by Crippen LogP contribution is -2.46. The van der Waals surface area contributed by atoms with E-state index < -0.39 is 0 Å². The van der Waals surface area contributed by atoms with E-state index in [1.807, 2.05) is 18.7 Å². The van der Waals surface area contributed by atoms with E-state index in [9.17, 15) is 4.79 Å². The maximum atomic E-state index is 11.2. The molecule has 16 heavy (non-hydrogen) atoms. The van der Waals surface area contributed by atoms with E-state index in [2.05, 4.69) is 5.32 Å². The van der Waals surface area contributed by atoms with Crippen LogP contribution in [0.2, 0.25) is 0 Å². The first-order chi connectivity index (χ1) is 7.72. The second-order valence-corrected chi connectivity index (χ2v) is 4.76. The fourth-order valence-corrected chi connectivity index (χ4v) is 2.75. The summed E-state index contributed by atoms with van der Waals surface area (Å²) in [6.45, 7) is 9.98. The Hall–Kier alpha value is -0.570. The molecule has 1 spiro atoms. The Bertz CT molecular complexity index is 212. The average molecular weight is 226 g/mol. The van der Waals surface area contributed by atoms with Gasteiger partial charge in [0.1, 0.15) is 0 Å². The van der Waals surface area contributed by atoms with Crippen LogP contribution >= 0.6 is 0 Å². The van der Waals surface area contributed by atoms with Gasteiger partial charge in [-0.2, -0.15) is 0 Å². The standard InChI is InChI=1S/C11H20N2O.C2H6/c1-10(14)13-8-4-11(5-9-13)2-6-12-7-3-11;1-2/h12H,2-9H2,1H3;1-2H3. The van der Waals surface area contributed by atoms with E-state index in [0.29, 0.717) is 5.41 Å². The van der Waals surface area contributed by atoms with E-state index in [1.165, 1.54) is 38.8 Å². The van der Waals surface area contributed by atoms with Gasteiger partial charge in [-0.3, -0.25) is 4.79 Å². The smallest absolute Gasteiger partial charge is 0.219 e. The van der Waals surface area contributed by atoms with Crippen LogP contribution in [0.5, 0.6) is 0 Å². The predicted octanol–water partition coefficient (Wildman–Crippen LogP) is 2.02. The first-order valence-electron chi connectivity index (χ1n) is 6.68. The normalized spacial score (nSPS) is 23.6. The van der Waals surface area contributed by atoms with Gasteiger partial charge >= 0.3 is 0 Å². The third-order valence-corrected chi connectivity index (χ3v) is 3.93. The lowest BCUT2D eigenvalue weighted by Gasteiger charge is -2.44. The van der Waals surface area contributed by atoms with Crippen molar-refractivity contribution in [3.8, 4) is 0 Å². The van der Waals surface area contributed by atoms with E-state index >= 15 is 0 Å². The van der Waals surface area contributed by atoms with Crippen molar-refractivity contribution in [2.24, 2.45) is 5.41 Å². The highest BCUT2D eigenvalue weighted by molar-refractivity contribution is 5.73. The third-order valence-electron chi connectivity index (χ3n) is 3.93. The second-order valence-electron chi connectivity index (χ2n) is 4.76. The number of likely N-dealkylation sites (tertiary alicyclic amines) is 1. The van der Waals surface area contributed by atoms with Crippen molar-refractivity contribution in [2.45, 2.75) is 46.5 Å². The van der Waals surface area contributed by atoms with Crippen molar-refractivity contribution in [3.05, 3.63) is 0 Å². The van der Waals surface area contributed by atoms with Crippen molar-refractivity contribution < 1.29 is 4.79 Å². The van der Waals surface area contributed by atoms with Gasteiger partial charge in [-0.25, -0.2) is 0 Å². The summed E-state index contributed by atoms with van der Waals surface area (Å²) in [7, 11) is 0. The average Bonchev–Trinajstić information content (AvgIpc) is 2.33. The number of piperidine rings is 2. The summed E-state index contributed by atoms with van der Waals surface area (Å²) >= 11 is 0. The van der Waals surface area contributed by atoms with Gasteiger partial charge in [0, 0.05) is 20.0 Å². The molecular formula is C13H26N2O. The molecule has 3 heteroatoms. The van der Waals surface area contributed by atoms with Crippen LogP contribution in [0.4, 0.5) is 0 Å². The summed E-state index contributed by atoms with van der Waals surface area (Å²) in [5, 5.41) is 3.41. The molecule has 2 rings (SSSR count). The van der Waals surface area contributed by atoms with Crippen LogP contribution in [-0.2, 0) is 4.79 Å². The first-order valence-corrected chi connectivity index (χ1v) is 6.68. The van der Waals surface area contributed by atoms with E-state index in [4.69, 9.17) is 0 Å². The third kappa shape index (κ3) is 3.21. The monoisotopic (exact) mass is 226 g/mol. The molecule has 2 heterocycles. The molecule has 0 unspecified atom stereocenters. The summed E-state index contributed by atoms with van der Waals surface area (Å²) in [4.78, 5) is 13.2. The van der Waals surface area contributed by atoms with Gasteiger partial charge in [0.25, 0.3) is 0 Å². The Morgan fingerprint density at radius 3 is 2.00 bits per heavy atom. The van der Waals surface area contributed by atoms with Crippen LogP contribution in [0.1, 0.15) is 46.5 Å². The predicted molar refractivity (Wildman–Crippen MR) is 67.4 cm³/mol. The highest BCUT2D eigenvalue weighted by Gasteiger charge is 2.35. The molecule has 0 radical (unpaired) electrons. The van der Waals surface area contributed by atoms with E-state index in [1.54, 1.807) is 6.92 Å². The molecule has 94 valence electrons. The minimum Gasteiger partial charge on any atom is -0.343 e. The lowest BCUT2D eigenvalue weighted by molar-refractivity contribution is -0.131. The van der Waals surface area contributed by atoms with Crippen LogP contribution in [0.3, 0.4) is 0 Å². The summed E-state index contributed by atoms with van der Waals surface area (Å²) in [5.74, 6) is 0.244. The Balaban J connectivity index is 0.000000606. The molecular weight excluding hydrogens is 200 g/mol. The fraction of sp³-hybridized carbons (Fsp3) is 0.923. The van der Waals surface area contributed by atoms with Gasteiger partial charge in [-0.1, -0.05) is 13.8 Å². The van der Waals surface area contributed by atoms with Gasteiger partial charge in [-0.05, 0) is 44.2 Å². The molecule has 1 amide bonds. The van der Waals surface area contributed by atoms with E-state index in [-0.39, 0.29) is 5.91 Å². The molecule has 0 aromatic heterocycles. The maximum Gasteiger partial charge on any atom is 0.219 e. The topological polar surface area (TPSA) is 32.3 Å². The summed E-state index contributed by atoms with van der Waals surface area (Å²) in [6.07, 6.45) is 5.04. The van der Waals surface area contributed by atoms with Crippen LogP contribution < -0.4 is 5.32 Å².